The molecule has 1 aromatic heterocycles. The van der Waals surface area contributed by atoms with Crippen LogP contribution in [-0.2, 0) is 4.79 Å². The minimum Gasteiger partial charge on any atom is -0.465 e. The van der Waals surface area contributed by atoms with Gasteiger partial charge in [0, 0.05) is 62.3 Å². The largest absolute Gasteiger partial charge is 0.465 e. The predicted molar refractivity (Wildman–Crippen MR) is 123 cm³/mol. The lowest BCUT2D eigenvalue weighted by Gasteiger charge is -2.35. The molecular formula is C23H29N5O5. The van der Waals surface area contributed by atoms with E-state index in [-0.39, 0.29) is 36.9 Å². The van der Waals surface area contributed by atoms with Gasteiger partial charge in [-0.2, -0.15) is 0 Å². The zero-order valence-electron chi connectivity index (χ0n) is 19.1. The Morgan fingerprint density at radius 1 is 1.15 bits per heavy atom. The van der Waals surface area contributed by atoms with Crippen molar-refractivity contribution in [3.8, 4) is 0 Å². The molecule has 0 saturated carbocycles. The predicted octanol–water partition coefficient (Wildman–Crippen LogP) is 2.88. The molecule has 176 valence electrons. The number of nitrogens with zero attached hydrogens (tertiary/aromatic N) is 4. The maximum Gasteiger partial charge on any atom is 0.407 e. The minimum atomic E-state index is -0.940. The van der Waals surface area contributed by atoms with E-state index in [0.717, 1.165) is 10.9 Å². The summed E-state index contributed by atoms with van der Waals surface area (Å²) in [5, 5.41) is 12.4. The lowest BCUT2D eigenvalue weighted by atomic mass is 10.0. The third kappa shape index (κ3) is 4.24. The van der Waals surface area contributed by atoms with Crippen LogP contribution < -0.4 is 10.2 Å². The molecule has 0 radical (unpaired) electrons. The monoisotopic (exact) mass is 455 g/mol. The Kier molecular flexibility index (Phi) is 6.01. The first-order valence-electron chi connectivity index (χ1n) is 11.2. The van der Waals surface area contributed by atoms with Crippen LogP contribution in [0.15, 0.2) is 24.4 Å². The summed E-state index contributed by atoms with van der Waals surface area (Å²) in [6.45, 7) is 5.11. The van der Waals surface area contributed by atoms with Gasteiger partial charge in [-0.3, -0.25) is 19.8 Å². The van der Waals surface area contributed by atoms with Gasteiger partial charge < -0.3 is 19.5 Å². The van der Waals surface area contributed by atoms with Gasteiger partial charge in [-0.1, -0.05) is 0 Å². The summed E-state index contributed by atoms with van der Waals surface area (Å²) >= 11 is 0. The second-order valence-electron chi connectivity index (χ2n) is 8.92. The maximum absolute atomic E-state index is 13.5. The first kappa shape index (κ1) is 22.6. The zero-order chi connectivity index (χ0) is 23.9. The van der Waals surface area contributed by atoms with Crippen molar-refractivity contribution >= 4 is 40.5 Å². The normalized spacial score (nSPS) is 17.6. The third-order valence-electron chi connectivity index (χ3n) is 6.57. The van der Waals surface area contributed by atoms with Gasteiger partial charge in [-0.05, 0) is 44.9 Å². The van der Waals surface area contributed by atoms with Crippen molar-refractivity contribution in [2.24, 2.45) is 0 Å². The Morgan fingerprint density at radius 3 is 2.45 bits per heavy atom. The molecule has 0 atom stereocenters. The van der Waals surface area contributed by atoms with Crippen LogP contribution in [0.3, 0.4) is 0 Å². The number of carbonyl (C=O) groups is 4. The van der Waals surface area contributed by atoms with E-state index in [9.17, 15) is 24.3 Å². The average molecular weight is 456 g/mol. The molecule has 2 N–H and O–H groups in total. The number of rotatable bonds is 4. The van der Waals surface area contributed by atoms with E-state index in [0.29, 0.717) is 37.2 Å². The van der Waals surface area contributed by atoms with Crippen molar-refractivity contribution in [1.29, 1.82) is 0 Å². The molecule has 3 heterocycles. The minimum absolute atomic E-state index is 0.0694. The van der Waals surface area contributed by atoms with Gasteiger partial charge in [-0.15, -0.1) is 0 Å². The van der Waals surface area contributed by atoms with E-state index >= 15 is 0 Å². The number of imide groups is 1. The molecule has 0 aliphatic carbocycles. The van der Waals surface area contributed by atoms with Crippen molar-refractivity contribution in [1.82, 2.24) is 19.7 Å². The molecule has 33 heavy (non-hydrogen) atoms. The number of amides is 5. The summed E-state index contributed by atoms with van der Waals surface area (Å²) in [7, 11) is 1.74. The van der Waals surface area contributed by atoms with Crippen molar-refractivity contribution in [3.05, 3.63) is 30.0 Å². The van der Waals surface area contributed by atoms with E-state index in [1.165, 1.54) is 9.80 Å². The summed E-state index contributed by atoms with van der Waals surface area (Å²) in [4.78, 5) is 53.5. The number of fused-ring (bicyclic) bond motifs is 1. The molecule has 2 aliphatic heterocycles. The fourth-order valence-corrected chi connectivity index (χ4v) is 4.65. The fraction of sp³-hybridized carbons (Fsp3) is 0.478. The van der Waals surface area contributed by atoms with Crippen LogP contribution in [0.4, 0.5) is 15.3 Å². The van der Waals surface area contributed by atoms with Crippen molar-refractivity contribution in [2.45, 2.75) is 45.2 Å². The summed E-state index contributed by atoms with van der Waals surface area (Å²) < 4.78 is 2.05. The number of hydrogen-bond donors (Lipinski definition) is 2. The zero-order valence-corrected chi connectivity index (χ0v) is 19.1. The van der Waals surface area contributed by atoms with Gasteiger partial charge in [0.15, 0.2) is 0 Å². The number of urea groups is 1. The van der Waals surface area contributed by atoms with Gasteiger partial charge in [-0.25, -0.2) is 9.59 Å². The van der Waals surface area contributed by atoms with Crippen LogP contribution in [0.5, 0.6) is 0 Å². The van der Waals surface area contributed by atoms with Gasteiger partial charge in [0.2, 0.25) is 5.91 Å². The summed E-state index contributed by atoms with van der Waals surface area (Å²) in [5.74, 6) is -0.496. The number of benzene rings is 1. The molecule has 2 saturated heterocycles. The van der Waals surface area contributed by atoms with Gasteiger partial charge in [0.05, 0.1) is 11.2 Å². The highest BCUT2D eigenvalue weighted by molar-refractivity contribution is 6.11. The first-order valence-corrected chi connectivity index (χ1v) is 11.2. The van der Waals surface area contributed by atoms with Crippen LogP contribution in [0, 0.1) is 0 Å². The Bertz CT molecular complexity index is 1120. The molecule has 0 unspecified atom stereocenters. The fourth-order valence-electron chi connectivity index (χ4n) is 4.65. The smallest absolute Gasteiger partial charge is 0.407 e. The molecule has 10 heteroatoms. The first-order chi connectivity index (χ1) is 15.7. The topological polar surface area (TPSA) is 115 Å². The number of carbonyl (C=O) groups excluding carboxylic acids is 3. The molecule has 0 spiro atoms. The highest BCUT2D eigenvalue weighted by atomic mass is 16.4. The Morgan fingerprint density at radius 2 is 1.85 bits per heavy atom. The van der Waals surface area contributed by atoms with Crippen molar-refractivity contribution in [3.63, 3.8) is 0 Å². The van der Waals surface area contributed by atoms with Crippen LogP contribution in [-0.4, -0.2) is 76.1 Å². The number of piperidine rings is 1. The SMILES string of the molecule is CC(C)n1ccc2c(N3CCC(=O)NC3=O)cc(C(=O)N(C)C3CCN(C(=O)O)CC3)cc21. The van der Waals surface area contributed by atoms with Crippen LogP contribution in [0.1, 0.15) is 49.5 Å². The van der Waals surface area contributed by atoms with Crippen LogP contribution >= 0.6 is 0 Å². The molecule has 10 nitrogen and oxygen atoms in total. The standard InChI is InChI=1S/C23H29N5O5/c1-14(2)27-10-6-17-18(27)12-15(13-19(17)28-11-7-20(29)24-22(28)31)21(30)25(3)16-4-8-26(9-5-16)23(32)33/h6,10,12-14,16H,4-5,7-9,11H2,1-3H3,(H,32,33)(H,24,29,31). The summed E-state index contributed by atoms with van der Waals surface area (Å²) in [6, 6.07) is 5.07. The van der Waals surface area contributed by atoms with Gasteiger partial charge >= 0.3 is 12.1 Å². The molecule has 0 bridgehead atoms. The van der Waals surface area contributed by atoms with E-state index in [1.54, 1.807) is 18.0 Å². The Hall–Kier alpha value is -3.56. The molecule has 4 rings (SSSR count). The van der Waals surface area contributed by atoms with Crippen LogP contribution in [0.2, 0.25) is 0 Å². The lowest BCUT2D eigenvalue weighted by molar-refractivity contribution is -0.120. The number of hydrogen-bond acceptors (Lipinski definition) is 4. The molecular weight excluding hydrogens is 426 g/mol. The van der Waals surface area contributed by atoms with Crippen LogP contribution in [0.25, 0.3) is 10.9 Å². The number of aromatic nitrogens is 1. The Balaban J connectivity index is 1.69. The average Bonchev–Trinajstić information content (AvgIpc) is 3.22. The highest BCUT2D eigenvalue weighted by Gasteiger charge is 2.30. The van der Waals surface area contributed by atoms with E-state index in [2.05, 4.69) is 5.32 Å². The number of anilines is 1. The van der Waals surface area contributed by atoms with Crippen molar-refractivity contribution in [2.75, 3.05) is 31.6 Å². The number of nitrogens with one attached hydrogen (secondary N) is 1. The summed E-state index contributed by atoms with van der Waals surface area (Å²) in [5.41, 5.74) is 1.88. The molecule has 5 amide bonds. The number of carboxylic acid groups (broad SMARTS) is 1. The quantitative estimate of drug-likeness (QED) is 0.736. The van der Waals surface area contributed by atoms with Gasteiger partial charge in [0.1, 0.15) is 0 Å². The molecule has 2 aliphatic rings. The second kappa shape index (κ2) is 8.76. The third-order valence-corrected chi connectivity index (χ3v) is 6.57. The van der Waals surface area contributed by atoms with E-state index < -0.39 is 12.1 Å². The van der Waals surface area contributed by atoms with E-state index in [1.807, 2.05) is 36.7 Å². The van der Waals surface area contributed by atoms with E-state index in [4.69, 9.17) is 0 Å². The maximum atomic E-state index is 13.5. The van der Waals surface area contributed by atoms with Crippen molar-refractivity contribution < 1.29 is 24.3 Å². The molecule has 2 aromatic rings. The molecule has 1 aromatic carbocycles. The number of likely N-dealkylation sites (tertiary alicyclic amines) is 1. The molecule has 2 fully saturated rings. The second-order valence-corrected chi connectivity index (χ2v) is 8.92. The Labute approximate surface area is 191 Å². The van der Waals surface area contributed by atoms with Gasteiger partial charge in [0.25, 0.3) is 5.91 Å². The summed E-state index contributed by atoms with van der Waals surface area (Å²) in [6.07, 6.45) is 2.33. The lowest BCUT2D eigenvalue weighted by Crippen LogP contribution is -2.49. The highest BCUT2D eigenvalue weighted by Crippen LogP contribution is 2.33.